The quantitative estimate of drug-likeness (QED) is 0.199. The Bertz CT molecular complexity index is 2150. The van der Waals surface area contributed by atoms with Crippen molar-refractivity contribution in [3.8, 4) is 56.0 Å². The van der Waals surface area contributed by atoms with E-state index < -0.39 is 8.07 Å². The normalized spacial score (nSPS) is 13.1. The highest BCUT2D eigenvalue weighted by Crippen LogP contribution is 2.40. The third-order valence-corrected chi connectivity index (χ3v) is 12.1. The van der Waals surface area contributed by atoms with Crippen molar-refractivity contribution < 1.29 is 0 Å². The van der Waals surface area contributed by atoms with Crippen LogP contribution in [0.1, 0.15) is 0 Å². The van der Waals surface area contributed by atoms with Crippen LogP contribution in [0.4, 0.5) is 0 Å². The van der Waals surface area contributed by atoms with Crippen molar-refractivity contribution in [2.75, 3.05) is 0 Å². The van der Waals surface area contributed by atoms with Gasteiger partial charge in [0, 0.05) is 22.0 Å². The fourth-order valence-electron chi connectivity index (χ4n) is 6.62. The molecule has 7 aromatic rings. The Kier molecular flexibility index (Phi) is 5.95. The van der Waals surface area contributed by atoms with E-state index in [1.54, 1.807) is 0 Å². The molecule has 0 bridgehead atoms. The van der Waals surface area contributed by atoms with Crippen LogP contribution in [0, 0.1) is 0 Å². The van der Waals surface area contributed by atoms with E-state index in [2.05, 4.69) is 153 Å². The van der Waals surface area contributed by atoms with E-state index in [0.29, 0.717) is 0 Å². The molecule has 0 aliphatic carbocycles. The Morgan fingerprint density at radius 2 is 1.00 bits per heavy atom. The van der Waals surface area contributed by atoms with E-state index in [1.165, 1.54) is 54.7 Å². The molecule has 43 heavy (non-hydrogen) atoms. The van der Waals surface area contributed by atoms with Crippen molar-refractivity contribution >= 4 is 29.4 Å². The molecule has 0 spiro atoms. The minimum atomic E-state index is -2.10. The Labute approximate surface area is 253 Å². The van der Waals surface area contributed by atoms with Crippen LogP contribution < -0.4 is 10.5 Å². The Hall–Kier alpha value is -5.12. The van der Waals surface area contributed by atoms with Gasteiger partial charge in [0.25, 0.3) is 0 Å². The molecule has 0 fully saturated rings. The van der Waals surface area contributed by atoms with Crippen molar-refractivity contribution in [1.29, 1.82) is 0 Å². The van der Waals surface area contributed by atoms with Gasteiger partial charge in [-0.1, -0.05) is 147 Å². The number of fused-ring (bicyclic) bond motifs is 5. The summed E-state index contributed by atoms with van der Waals surface area (Å²) < 4.78 is 0. The molecule has 1 aromatic heterocycles. The average Bonchev–Trinajstić information content (AvgIpc) is 3.31. The number of hydrogen-bond donors (Lipinski definition) is 0. The molecule has 8 rings (SSSR count). The highest BCUT2D eigenvalue weighted by Gasteiger charge is 2.42. The van der Waals surface area contributed by atoms with Gasteiger partial charge in [0.2, 0.25) is 0 Å². The lowest BCUT2D eigenvalue weighted by Gasteiger charge is -2.19. The number of nitrogens with zero attached hydrogens (tertiary/aromatic N) is 2. The first-order chi connectivity index (χ1) is 21.1. The van der Waals surface area contributed by atoms with Gasteiger partial charge in [-0.2, -0.15) is 0 Å². The van der Waals surface area contributed by atoms with Crippen LogP contribution in [0.25, 0.3) is 66.8 Å². The lowest BCUT2D eigenvalue weighted by Crippen LogP contribution is -2.50. The van der Waals surface area contributed by atoms with Gasteiger partial charge in [-0.25, -0.2) is 9.97 Å². The number of hydrogen-bond acceptors (Lipinski definition) is 2. The maximum atomic E-state index is 5.37. The second-order valence-electron chi connectivity index (χ2n) is 11.8. The van der Waals surface area contributed by atoms with Crippen LogP contribution in [0.2, 0.25) is 13.1 Å². The number of rotatable bonds is 4. The van der Waals surface area contributed by atoms with Crippen molar-refractivity contribution in [2.24, 2.45) is 0 Å². The molecule has 1 aliphatic rings. The first-order valence-electron chi connectivity index (χ1n) is 14.8. The van der Waals surface area contributed by atoms with Gasteiger partial charge in [0.15, 0.2) is 5.82 Å². The van der Waals surface area contributed by atoms with E-state index in [-0.39, 0.29) is 0 Å². The van der Waals surface area contributed by atoms with Gasteiger partial charge in [0.1, 0.15) is 8.07 Å². The predicted molar refractivity (Wildman–Crippen MR) is 183 cm³/mol. The van der Waals surface area contributed by atoms with Crippen molar-refractivity contribution in [3.63, 3.8) is 0 Å². The van der Waals surface area contributed by atoms with E-state index in [1.807, 2.05) is 6.07 Å². The molecule has 0 saturated carbocycles. The Balaban J connectivity index is 1.38. The van der Waals surface area contributed by atoms with Crippen LogP contribution in [0.5, 0.6) is 0 Å². The lowest BCUT2D eigenvalue weighted by molar-refractivity contribution is 1.21. The fraction of sp³-hybridized carbons (Fsp3) is 0.0500. The molecule has 0 unspecified atom stereocenters. The first kappa shape index (κ1) is 25.6. The second kappa shape index (κ2) is 10.0. The predicted octanol–water partition coefficient (Wildman–Crippen LogP) is 9.10. The topological polar surface area (TPSA) is 25.8 Å². The highest BCUT2D eigenvalue weighted by molar-refractivity contribution is 7.03. The summed E-state index contributed by atoms with van der Waals surface area (Å²) >= 11 is 0. The summed E-state index contributed by atoms with van der Waals surface area (Å²) in [5, 5.41) is 5.19. The standard InChI is InChI=1S/C40H30N2Si/c1-43(2)35-24-23-28-15-9-10-22-34(28)36(35)37-38(41-39(42-40(37)43)29-16-7-4-8-17-29)33-21-12-20-32(26-33)31-19-11-18-30(25-31)27-13-5-3-6-14-27/h3-26H,1-2H3. The maximum Gasteiger partial charge on any atom is 0.159 e. The SMILES string of the molecule is C[Si]1(C)c2ccc3ccccc3c2-c2c(-c3cccc(-c4cccc(-c5ccccc5)c4)c3)nc(-c3ccccc3)nc21. The zero-order valence-corrected chi connectivity index (χ0v) is 25.3. The van der Waals surface area contributed by atoms with Crippen LogP contribution in [-0.4, -0.2) is 18.0 Å². The molecule has 2 nitrogen and oxygen atoms in total. The minimum Gasteiger partial charge on any atom is -0.237 e. The molecular weight excluding hydrogens is 537 g/mol. The van der Waals surface area contributed by atoms with Gasteiger partial charge >= 0.3 is 0 Å². The largest absolute Gasteiger partial charge is 0.237 e. The van der Waals surface area contributed by atoms with E-state index in [0.717, 1.165) is 22.6 Å². The summed E-state index contributed by atoms with van der Waals surface area (Å²) in [7, 11) is -2.10. The molecule has 0 atom stereocenters. The third-order valence-electron chi connectivity index (χ3n) is 8.82. The lowest BCUT2D eigenvalue weighted by atomic mass is 9.93. The van der Waals surface area contributed by atoms with Gasteiger partial charge in [-0.05, 0) is 55.9 Å². The summed E-state index contributed by atoms with van der Waals surface area (Å²) in [6.07, 6.45) is 0. The molecule has 0 amide bonds. The smallest absolute Gasteiger partial charge is 0.159 e. The zero-order valence-electron chi connectivity index (χ0n) is 24.3. The van der Waals surface area contributed by atoms with Crippen molar-refractivity contribution in [3.05, 3.63) is 146 Å². The summed E-state index contributed by atoms with van der Waals surface area (Å²) in [4.78, 5) is 10.7. The van der Waals surface area contributed by atoms with Gasteiger partial charge in [-0.3, -0.25) is 0 Å². The van der Waals surface area contributed by atoms with Crippen LogP contribution in [0.15, 0.2) is 146 Å². The molecule has 0 saturated heterocycles. The number of aromatic nitrogens is 2. The second-order valence-corrected chi connectivity index (χ2v) is 16.1. The van der Waals surface area contributed by atoms with Crippen LogP contribution in [0.3, 0.4) is 0 Å². The summed E-state index contributed by atoms with van der Waals surface area (Å²) in [6, 6.07) is 52.0. The van der Waals surface area contributed by atoms with E-state index >= 15 is 0 Å². The van der Waals surface area contributed by atoms with Crippen LogP contribution >= 0.6 is 0 Å². The monoisotopic (exact) mass is 566 g/mol. The van der Waals surface area contributed by atoms with Gasteiger partial charge < -0.3 is 0 Å². The fourth-order valence-corrected chi connectivity index (χ4v) is 9.51. The van der Waals surface area contributed by atoms with E-state index in [4.69, 9.17) is 9.97 Å². The molecule has 0 radical (unpaired) electrons. The van der Waals surface area contributed by atoms with Gasteiger partial charge in [-0.15, -0.1) is 0 Å². The highest BCUT2D eigenvalue weighted by atomic mass is 28.3. The third kappa shape index (κ3) is 4.24. The molecule has 6 aromatic carbocycles. The maximum absolute atomic E-state index is 5.37. The molecule has 0 N–H and O–H groups in total. The first-order valence-corrected chi connectivity index (χ1v) is 17.8. The van der Waals surface area contributed by atoms with Crippen molar-refractivity contribution in [2.45, 2.75) is 13.1 Å². The van der Waals surface area contributed by atoms with Gasteiger partial charge in [0.05, 0.1) is 5.69 Å². The Morgan fingerprint density at radius 3 is 1.72 bits per heavy atom. The number of benzene rings is 6. The molecular formula is C40H30N2Si. The van der Waals surface area contributed by atoms with Crippen LogP contribution in [-0.2, 0) is 0 Å². The Morgan fingerprint density at radius 1 is 0.442 bits per heavy atom. The molecule has 2 heterocycles. The summed E-state index contributed by atoms with van der Waals surface area (Å²) in [5.74, 6) is 0.795. The summed E-state index contributed by atoms with van der Waals surface area (Å²) in [6.45, 7) is 4.87. The molecule has 3 heteroatoms. The molecule has 204 valence electrons. The average molecular weight is 567 g/mol. The zero-order chi connectivity index (χ0) is 29.0. The summed E-state index contributed by atoms with van der Waals surface area (Å²) in [5.41, 5.74) is 10.5. The minimum absolute atomic E-state index is 0.795. The molecule has 1 aliphatic heterocycles. The van der Waals surface area contributed by atoms with E-state index in [9.17, 15) is 0 Å². The van der Waals surface area contributed by atoms with Crippen molar-refractivity contribution in [1.82, 2.24) is 9.97 Å².